The van der Waals surface area contributed by atoms with Crippen molar-refractivity contribution >= 4 is 10.8 Å². The molecule has 0 radical (unpaired) electrons. The van der Waals surface area contributed by atoms with Gasteiger partial charge in [0.25, 0.3) is 0 Å². The van der Waals surface area contributed by atoms with E-state index in [9.17, 15) is 4.21 Å². The highest BCUT2D eigenvalue weighted by molar-refractivity contribution is 7.85. The first-order valence-corrected chi connectivity index (χ1v) is 8.72. The third kappa shape index (κ3) is 5.45. The number of hydrogen-bond acceptors (Lipinski definition) is 2. The minimum atomic E-state index is -0.726. The minimum absolute atomic E-state index is 0.210. The third-order valence-electron chi connectivity index (χ3n) is 3.46. The summed E-state index contributed by atoms with van der Waals surface area (Å²) < 4.78 is 12.1. The van der Waals surface area contributed by atoms with E-state index in [-0.39, 0.29) is 6.04 Å². The van der Waals surface area contributed by atoms with Gasteiger partial charge >= 0.3 is 0 Å². The second-order valence-electron chi connectivity index (χ2n) is 5.12. The van der Waals surface area contributed by atoms with E-state index in [4.69, 9.17) is 0 Å². The normalized spacial score (nSPS) is 14.3. The first-order valence-electron chi connectivity index (χ1n) is 7.24. The lowest BCUT2D eigenvalue weighted by Gasteiger charge is -2.19. The zero-order chi connectivity index (χ0) is 14.3. The molecule has 0 heterocycles. The fourth-order valence-corrected chi connectivity index (χ4v) is 3.53. The molecule has 0 amide bonds. The predicted molar refractivity (Wildman–Crippen MR) is 85.1 cm³/mol. The lowest BCUT2D eigenvalue weighted by Crippen LogP contribution is -2.27. The molecule has 0 aliphatic heterocycles. The molecule has 1 aromatic rings. The van der Waals surface area contributed by atoms with Gasteiger partial charge in [-0.05, 0) is 43.5 Å². The third-order valence-corrected chi connectivity index (χ3v) is 4.91. The monoisotopic (exact) mass is 281 g/mol. The summed E-state index contributed by atoms with van der Waals surface area (Å²) in [5.74, 6) is 1.54. The molecule has 0 fully saturated rings. The number of hydrogen-bond donors (Lipinski definition) is 1. The molecule has 2 atom stereocenters. The van der Waals surface area contributed by atoms with Crippen molar-refractivity contribution in [1.29, 1.82) is 0 Å². The molecule has 2 nitrogen and oxygen atoms in total. The number of aryl methyl sites for hydroxylation is 2. The van der Waals surface area contributed by atoms with Crippen molar-refractivity contribution in [1.82, 2.24) is 5.32 Å². The van der Waals surface area contributed by atoms with Crippen molar-refractivity contribution in [3.63, 3.8) is 0 Å². The zero-order valence-corrected chi connectivity index (χ0v) is 13.5. The van der Waals surface area contributed by atoms with E-state index in [1.807, 2.05) is 0 Å². The first-order chi connectivity index (χ1) is 9.08. The maximum atomic E-state index is 12.1. The Morgan fingerprint density at radius 1 is 1.21 bits per heavy atom. The highest BCUT2D eigenvalue weighted by Crippen LogP contribution is 2.18. The van der Waals surface area contributed by atoms with Gasteiger partial charge in [-0.15, -0.1) is 0 Å². The number of benzene rings is 1. The topological polar surface area (TPSA) is 29.1 Å². The van der Waals surface area contributed by atoms with Crippen LogP contribution in [0, 0.1) is 13.8 Å². The van der Waals surface area contributed by atoms with Gasteiger partial charge in [-0.1, -0.05) is 38.5 Å². The fourth-order valence-electron chi connectivity index (χ4n) is 2.08. The van der Waals surface area contributed by atoms with Crippen molar-refractivity contribution in [3.8, 4) is 0 Å². The molecule has 0 aliphatic carbocycles. The summed E-state index contributed by atoms with van der Waals surface area (Å²) in [5.41, 5.74) is 3.88. The number of rotatable bonds is 8. The van der Waals surface area contributed by atoms with Gasteiger partial charge in [-0.2, -0.15) is 0 Å². The summed E-state index contributed by atoms with van der Waals surface area (Å²) >= 11 is 0. The minimum Gasteiger partial charge on any atom is -0.309 e. The van der Waals surface area contributed by atoms with Crippen molar-refractivity contribution in [2.45, 2.75) is 46.6 Å². The number of unbranched alkanes of at least 4 members (excludes halogenated alkanes) is 1. The van der Waals surface area contributed by atoms with Gasteiger partial charge in [0.2, 0.25) is 0 Å². The second kappa shape index (κ2) is 8.49. The first kappa shape index (κ1) is 16.4. The predicted octanol–water partition coefficient (Wildman–Crippen LogP) is 3.50. The van der Waals surface area contributed by atoms with Crippen LogP contribution in [0.25, 0.3) is 0 Å². The quantitative estimate of drug-likeness (QED) is 0.790. The van der Waals surface area contributed by atoms with Crippen LogP contribution >= 0.6 is 0 Å². The molecule has 0 bridgehead atoms. The van der Waals surface area contributed by atoms with E-state index in [2.05, 4.69) is 51.2 Å². The van der Waals surface area contributed by atoms with E-state index in [1.165, 1.54) is 16.7 Å². The largest absolute Gasteiger partial charge is 0.309 e. The van der Waals surface area contributed by atoms with E-state index in [0.717, 1.165) is 30.9 Å². The Morgan fingerprint density at radius 2 is 1.95 bits per heavy atom. The van der Waals surface area contributed by atoms with E-state index in [1.54, 1.807) is 0 Å². The summed E-state index contributed by atoms with van der Waals surface area (Å²) in [7, 11) is -0.726. The second-order valence-corrected chi connectivity index (χ2v) is 6.74. The zero-order valence-electron chi connectivity index (χ0n) is 12.7. The Labute approximate surface area is 120 Å². The highest BCUT2D eigenvalue weighted by atomic mass is 32.2. The summed E-state index contributed by atoms with van der Waals surface area (Å²) in [5, 5.41) is 3.46. The van der Waals surface area contributed by atoms with Gasteiger partial charge in [0, 0.05) is 28.3 Å². The van der Waals surface area contributed by atoms with Gasteiger partial charge in [0.1, 0.15) is 0 Å². The Hall–Kier alpha value is -0.670. The Balaban J connectivity index is 2.75. The van der Waals surface area contributed by atoms with Crippen LogP contribution in [0.1, 0.15) is 49.4 Å². The fraction of sp³-hybridized carbons (Fsp3) is 0.625. The van der Waals surface area contributed by atoms with Crippen LogP contribution in [0.5, 0.6) is 0 Å². The van der Waals surface area contributed by atoms with Crippen LogP contribution in [0.2, 0.25) is 0 Å². The van der Waals surface area contributed by atoms with Crippen LogP contribution in [0.15, 0.2) is 18.2 Å². The van der Waals surface area contributed by atoms with Crippen LogP contribution in [0.3, 0.4) is 0 Å². The van der Waals surface area contributed by atoms with E-state index < -0.39 is 10.8 Å². The van der Waals surface area contributed by atoms with Gasteiger partial charge < -0.3 is 5.32 Å². The molecular weight excluding hydrogens is 254 g/mol. The molecule has 0 saturated heterocycles. The highest BCUT2D eigenvalue weighted by Gasteiger charge is 2.14. The molecule has 1 rings (SSSR count). The van der Waals surface area contributed by atoms with Gasteiger partial charge in [-0.3, -0.25) is 4.21 Å². The summed E-state index contributed by atoms with van der Waals surface area (Å²) in [6.45, 7) is 9.41. The SMILES string of the molecule is CCCCS(=O)CC(NCC)c1ccc(C)c(C)c1. The maximum Gasteiger partial charge on any atom is 0.0436 e. The van der Waals surface area contributed by atoms with E-state index in [0.29, 0.717) is 0 Å². The van der Waals surface area contributed by atoms with Crippen LogP contribution < -0.4 is 5.32 Å². The molecule has 108 valence electrons. The summed E-state index contributed by atoms with van der Waals surface area (Å²) in [6, 6.07) is 6.75. The smallest absolute Gasteiger partial charge is 0.0436 e. The van der Waals surface area contributed by atoms with Crippen LogP contribution in [-0.4, -0.2) is 22.3 Å². The Bertz CT molecular complexity index is 417. The lowest BCUT2D eigenvalue weighted by atomic mass is 10.0. The molecule has 19 heavy (non-hydrogen) atoms. The average Bonchev–Trinajstić information content (AvgIpc) is 2.39. The molecule has 0 saturated carbocycles. The Kier molecular flexibility index (Phi) is 7.32. The molecule has 0 spiro atoms. The lowest BCUT2D eigenvalue weighted by molar-refractivity contribution is 0.593. The Morgan fingerprint density at radius 3 is 2.53 bits per heavy atom. The molecule has 2 unspecified atom stereocenters. The molecule has 1 N–H and O–H groups in total. The number of nitrogens with one attached hydrogen (secondary N) is 1. The molecular formula is C16H27NOS. The van der Waals surface area contributed by atoms with Gasteiger partial charge in [0.05, 0.1) is 0 Å². The standard InChI is InChI=1S/C16H27NOS/c1-5-7-10-19(18)12-16(17-6-2)15-9-8-13(3)14(4)11-15/h8-9,11,16-17H,5-7,10,12H2,1-4H3. The van der Waals surface area contributed by atoms with Crippen LogP contribution in [-0.2, 0) is 10.8 Å². The average molecular weight is 281 g/mol. The van der Waals surface area contributed by atoms with Gasteiger partial charge in [-0.25, -0.2) is 0 Å². The molecule has 1 aromatic carbocycles. The van der Waals surface area contributed by atoms with Crippen molar-refractivity contribution in [2.24, 2.45) is 0 Å². The van der Waals surface area contributed by atoms with E-state index >= 15 is 0 Å². The summed E-state index contributed by atoms with van der Waals surface area (Å²) in [6.07, 6.45) is 2.17. The van der Waals surface area contributed by atoms with Crippen molar-refractivity contribution in [2.75, 3.05) is 18.1 Å². The molecule has 3 heteroatoms. The summed E-state index contributed by atoms with van der Waals surface area (Å²) in [4.78, 5) is 0. The van der Waals surface area contributed by atoms with Gasteiger partial charge in [0.15, 0.2) is 0 Å². The van der Waals surface area contributed by atoms with Crippen molar-refractivity contribution in [3.05, 3.63) is 34.9 Å². The molecule has 0 aliphatic rings. The van der Waals surface area contributed by atoms with Crippen LogP contribution in [0.4, 0.5) is 0 Å². The molecule has 0 aromatic heterocycles. The maximum absolute atomic E-state index is 12.1. The van der Waals surface area contributed by atoms with Crippen molar-refractivity contribution < 1.29 is 4.21 Å².